The van der Waals surface area contributed by atoms with Gasteiger partial charge in [0.25, 0.3) is 0 Å². The van der Waals surface area contributed by atoms with Gasteiger partial charge in [0.05, 0.1) is 6.61 Å². The molecule has 5 nitrogen and oxygen atoms in total. The van der Waals surface area contributed by atoms with Gasteiger partial charge in [0.2, 0.25) is 0 Å². The quantitative estimate of drug-likeness (QED) is 0.223. The van der Waals surface area contributed by atoms with Crippen molar-refractivity contribution >= 4 is 29.9 Å². The highest BCUT2D eigenvalue weighted by atomic mass is 127. The van der Waals surface area contributed by atoms with Gasteiger partial charge in [-0.2, -0.15) is 0 Å². The molecule has 0 spiro atoms. The second kappa shape index (κ2) is 14.8. The maximum Gasteiger partial charge on any atom is 0.191 e. The third kappa shape index (κ3) is 13.3. The van der Waals surface area contributed by atoms with Gasteiger partial charge in [-0.05, 0) is 31.6 Å². The largest absolute Gasteiger partial charge is 0.381 e. The molecule has 1 fully saturated rings. The molecule has 0 unspecified atom stereocenters. The van der Waals surface area contributed by atoms with E-state index in [1.807, 2.05) is 0 Å². The lowest BCUT2D eigenvalue weighted by molar-refractivity contribution is 0.122. The first-order chi connectivity index (χ1) is 9.86. The van der Waals surface area contributed by atoms with Crippen LogP contribution in [0.1, 0.15) is 39.0 Å². The minimum atomic E-state index is 0. The summed E-state index contributed by atoms with van der Waals surface area (Å²) >= 11 is 0. The lowest BCUT2D eigenvalue weighted by Gasteiger charge is -2.12. The molecule has 0 saturated heterocycles. The Kier molecular flexibility index (Phi) is 14.8. The number of ether oxygens (including phenoxy) is 2. The number of hydrogen-bond acceptors (Lipinski definition) is 3. The van der Waals surface area contributed by atoms with Crippen molar-refractivity contribution in [1.82, 2.24) is 10.6 Å². The van der Waals surface area contributed by atoms with E-state index in [1.165, 1.54) is 19.3 Å². The summed E-state index contributed by atoms with van der Waals surface area (Å²) in [4.78, 5) is 4.18. The zero-order chi connectivity index (χ0) is 14.5. The van der Waals surface area contributed by atoms with Gasteiger partial charge in [0.15, 0.2) is 5.96 Å². The van der Waals surface area contributed by atoms with E-state index in [0.29, 0.717) is 0 Å². The molecular formula is C15H32IN3O2. The van der Waals surface area contributed by atoms with Crippen LogP contribution < -0.4 is 10.6 Å². The van der Waals surface area contributed by atoms with Crippen molar-refractivity contribution in [3.05, 3.63) is 0 Å². The predicted molar refractivity (Wildman–Crippen MR) is 98.7 cm³/mol. The fraction of sp³-hybridized carbons (Fsp3) is 0.933. The van der Waals surface area contributed by atoms with E-state index in [2.05, 4.69) is 22.5 Å². The van der Waals surface area contributed by atoms with Crippen LogP contribution in [-0.2, 0) is 9.47 Å². The highest BCUT2D eigenvalue weighted by molar-refractivity contribution is 14.0. The van der Waals surface area contributed by atoms with Gasteiger partial charge < -0.3 is 20.1 Å². The van der Waals surface area contributed by atoms with E-state index in [-0.39, 0.29) is 24.0 Å². The molecule has 0 aromatic heterocycles. The third-order valence-electron chi connectivity index (χ3n) is 3.21. The molecular weight excluding hydrogens is 381 g/mol. The first kappa shape index (κ1) is 20.9. The predicted octanol–water partition coefficient (Wildman–Crippen LogP) is 2.40. The molecule has 0 bridgehead atoms. The summed E-state index contributed by atoms with van der Waals surface area (Å²) < 4.78 is 11.1. The zero-order valence-corrected chi connectivity index (χ0v) is 15.9. The molecule has 1 aliphatic rings. The highest BCUT2D eigenvalue weighted by Gasteiger charge is 2.20. The first-order valence-electron chi connectivity index (χ1n) is 7.96. The van der Waals surface area contributed by atoms with E-state index in [0.717, 1.165) is 64.2 Å². The smallest absolute Gasteiger partial charge is 0.191 e. The topological polar surface area (TPSA) is 54.9 Å². The molecule has 21 heavy (non-hydrogen) atoms. The lowest BCUT2D eigenvalue weighted by Crippen LogP contribution is -2.39. The third-order valence-corrected chi connectivity index (χ3v) is 3.21. The number of aliphatic imine (C=N–C) groups is 1. The Morgan fingerprint density at radius 3 is 2.43 bits per heavy atom. The molecule has 6 heteroatoms. The van der Waals surface area contributed by atoms with E-state index in [9.17, 15) is 0 Å². The van der Waals surface area contributed by atoms with E-state index >= 15 is 0 Å². The van der Waals surface area contributed by atoms with Crippen LogP contribution in [0.15, 0.2) is 4.99 Å². The van der Waals surface area contributed by atoms with Gasteiger partial charge in [-0.25, -0.2) is 0 Å². The summed E-state index contributed by atoms with van der Waals surface area (Å²) in [7, 11) is 1.79. The average molecular weight is 413 g/mol. The molecule has 0 amide bonds. The SMILES string of the molecule is CCCCOCCNC(=NC)NCCCOCC1CC1.I. The Morgan fingerprint density at radius 1 is 1.05 bits per heavy atom. The van der Waals surface area contributed by atoms with Crippen molar-refractivity contribution in [1.29, 1.82) is 0 Å². The number of rotatable bonds is 12. The molecule has 1 saturated carbocycles. The number of guanidine groups is 1. The fourth-order valence-corrected chi connectivity index (χ4v) is 1.73. The summed E-state index contributed by atoms with van der Waals surface area (Å²) in [5, 5.41) is 6.52. The average Bonchev–Trinajstić information content (AvgIpc) is 3.28. The molecule has 1 aliphatic carbocycles. The highest BCUT2D eigenvalue weighted by Crippen LogP contribution is 2.28. The minimum Gasteiger partial charge on any atom is -0.381 e. The van der Waals surface area contributed by atoms with E-state index in [1.54, 1.807) is 7.05 Å². The van der Waals surface area contributed by atoms with Crippen molar-refractivity contribution in [3.8, 4) is 0 Å². The molecule has 0 aliphatic heterocycles. The van der Waals surface area contributed by atoms with Crippen LogP contribution in [0.3, 0.4) is 0 Å². The Balaban J connectivity index is 0.00000400. The molecule has 0 aromatic rings. The molecule has 0 heterocycles. The Labute approximate surface area is 146 Å². The Hall–Kier alpha value is -0.0800. The van der Waals surface area contributed by atoms with Crippen LogP contribution >= 0.6 is 24.0 Å². The zero-order valence-electron chi connectivity index (χ0n) is 13.5. The fourth-order valence-electron chi connectivity index (χ4n) is 1.73. The van der Waals surface area contributed by atoms with E-state index in [4.69, 9.17) is 9.47 Å². The summed E-state index contributed by atoms with van der Waals surface area (Å²) in [5.74, 6) is 1.69. The second-order valence-electron chi connectivity index (χ2n) is 5.26. The molecule has 1 rings (SSSR count). The number of nitrogens with zero attached hydrogens (tertiary/aromatic N) is 1. The molecule has 0 radical (unpaired) electrons. The molecule has 0 atom stereocenters. The number of unbranched alkanes of at least 4 members (excludes halogenated alkanes) is 1. The number of hydrogen-bond donors (Lipinski definition) is 2. The van der Waals surface area contributed by atoms with Crippen LogP contribution in [0.4, 0.5) is 0 Å². The molecule has 126 valence electrons. The summed E-state index contributed by atoms with van der Waals surface area (Å²) in [5.41, 5.74) is 0. The summed E-state index contributed by atoms with van der Waals surface area (Å²) in [6.07, 6.45) is 6.04. The number of nitrogens with one attached hydrogen (secondary N) is 2. The van der Waals surface area contributed by atoms with Crippen molar-refractivity contribution in [2.24, 2.45) is 10.9 Å². The van der Waals surface area contributed by atoms with Crippen molar-refractivity contribution in [2.75, 3.05) is 46.6 Å². The normalized spacial score (nSPS) is 14.7. The summed E-state index contributed by atoms with van der Waals surface area (Å²) in [6.45, 7) is 7.21. The molecule has 0 aromatic carbocycles. The van der Waals surface area contributed by atoms with Gasteiger partial charge >= 0.3 is 0 Å². The monoisotopic (exact) mass is 413 g/mol. The van der Waals surface area contributed by atoms with Crippen molar-refractivity contribution < 1.29 is 9.47 Å². The molecule has 2 N–H and O–H groups in total. The van der Waals surface area contributed by atoms with Crippen LogP contribution in [0.25, 0.3) is 0 Å². The van der Waals surface area contributed by atoms with Crippen LogP contribution in [-0.4, -0.2) is 52.5 Å². The first-order valence-corrected chi connectivity index (χ1v) is 7.96. The lowest BCUT2D eigenvalue weighted by atomic mass is 10.4. The van der Waals surface area contributed by atoms with Crippen LogP contribution in [0.2, 0.25) is 0 Å². The van der Waals surface area contributed by atoms with Gasteiger partial charge in [-0.3, -0.25) is 4.99 Å². The standard InChI is InChI=1S/C15H31N3O2.HI/c1-3-4-10-19-12-9-18-15(16-2)17-8-5-11-20-13-14-6-7-14;/h14H,3-13H2,1-2H3,(H2,16,17,18);1H. The Bertz CT molecular complexity index is 261. The van der Waals surface area contributed by atoms with Crippen LogP contribution in [0, 0.1) is 5.92 Å². The maximum absolute atomic E-state index is 5.59. The van der Waals surface area contributed by atoms with Crippen molar-refractivity contribution in [3.63, 3.8) is 0 Å². The van der Waals surface area contributed by atoms with Gasteiger partial charge in [0.1, 0.15) is 0 Å². The van der Waals surface area contributed by atoms with Crippen LogP contribution in [0.5, 0.6) is 0 Å². The number of halogens is 1. The van der Waals surface area contributed by atoms with Crippen molar-refractivity contribution in [2.45, 2.75) is 39.0 Å². The van der Waals surface area contributed by atoms with Gasteiger partial charge in [-0.15, -0.1) is 24.0 Å². The summed E-state index contributed by atoms with van der Waals surface area (Å²) in [6, 6.07) is 0. The van der Waals surface area contributed by atoms with E-state index < -0.39 is 0 Å². The minimum absolute atomic E-state index is 0. The van der Waals surface area contributed by atoms with Gasteiger partial charge in [0, 0.05) is 40.0 Å². The Morgan fingerprint density at radius 2 is 1.76 bits per heavy atom. The van der Waals surface area contributed by atoms with Gasteiger partial charge in [-0.1, -0.05) is 13.3 Å². The maximum atomic E-state index is 5.59. The second-order valence-corrected chi connectivity index (χ2v) is 5.26.